The Balaban J connectivity index is 0.00000169. The summed E-state index contributed by atoms with van der Waals surface area (Å²) in [6.45, 7) is 7.58. The van der Waals surface area contributed by atoms with E-state index in [9.17, 15) is 4.79 Å². The number of rotatable bonds is 1. The van der Waals surface area contributed by atoms with Gasteiger partial charge < -0.3 is 5.11 Å². The van der Waals surface area contributed by atoms with Gasteiger partial charge in [-0.05, 0) is 49.9 Å². The molecule has 3 radical (unpaired) electrons. The molecule has 1 aromatic rings. The van der Waals surface area contributed by atoms with Crippen molar-refractivity contribution < 1.29 is 9.90 Å². The molecular formula is C11H14InO2. The van der Waals surface area contributed by atoms with Crippen LogP contribution < -0.4 is 0 Å². The molecule has 1 aromatic carbocycles. The molecular weight excluding hydrogens is 279 g/mol. The summed E-state index contributed by atoms with van der Waals surface area (Å²) in [6.07, 6.45) is 0. The van der Waals surface area contributed by atoms with Crippen molar-refractivity contribution >= 4 is 31.8 Å². The van der Waals surface area contributed by atoms with Gasteiger partial charge in [-0.1, -0.05) is 6.07 Å². The van der Waals surface area contributed by atoms with Crippen molar-refractivity contribution in [1.82, 2.24) is 0 Å². The van der Waals surface area contributed by atoms with Crippen LogP contribution in [0.15, 0.2) is 6.07 Å². The van der Waals surface area contributed by atoms with Gasteiger partial charge in [0.15, 0.2) is 0 Å². The summed E-state index contributed by atoms with van der Waals surface area (Å²) < 4.78 is 0. The molecule has 0 fully saturated rings. The van der Waals surface area contributed by atoms with Gasteiger partial charge in [-0.15, -0.1) is 0 Å². The zero-order valence-electron chi connectivity index (χ0n) is 9.01. The summed E-state index contributed by atoms with van der Waals surface area (Å²) in [4.78, 5) is 10.9. The van der Waals surface area contributed by atoms with E-state index in [4.69, 9.17) is 5.11 Å². The average molecular weight is 293 g/mol. The first kappa shape index (κ1) is 13.6. The van der Waals surface area contributed by atoms with Crippen LogP contribution >= 0.6 is 0 Å². The molecule has 0 heterocycles. The summed E-state index contributed by atoms with van der Waals surface area (Å²) >= 11 is 0. The third-order valence-corrected chi connectivity index (χ3v) is 2.58. The number of hydrogen-bond donors (Lipinski definition) is 1. The van der Waals surface area contributed by atoms with Crippen LogP contribution in [0.25, 0.3) is 0 Å². The summed E-state index contributed by atoms with van der Waals surface area (Å²) in [5.74, 6) is -0.832. The Morgan fingerprint density at radius 2 is 1.43 bits per heavy atom. The van der Waals surface area contributed by atoms with Gasteiger partial charge in [0.1, 0.15) is 0 Å². The van der Waals surface area contributed by atoms with Crippen LogP contribution in [0.1, 0.15) is 32.6 Å². The molecule has 0 bridgehead atoms. The standard InChI is InChI=1S/C11H14O2.In/c1-6-5-7(2)9(4)10(8(6)3)11(12)13;/h5H,1-4H3,(H,12,13);. The molecule has 0 unspecified atom stereocenters. The van der Waals surface area contributed by atoms with Crippen molar-refractivity contribution in [3.05, 3.63) is 33.9 Å². The zero-order valence-corrected chi connectivity index (χ0v) is 12.3. The van der Waals surface area contributed by atoms with Gasteiger partial charge in [-0.25, -0.2) is 4.79 Å². The molecule has 0 saturated heterocycles. The molecule has 2 nitrogen and oxygen atoms in total. The van der Waals surface area contributed by atoms with Crippen LogP contribution in [0.5, 0.6) is 0 Å². The second-order valence-electron chi connectivity index (χ2n) is 3.44. The Labute approximate surface area is 103 Å². The minimum atomic E-state index is -0.832. The number of carbonyl (C=O) groups is 1. The van der Waals surface area contributed by atoms with E-state index in [1.165, 1.54) is 0 Å². The number of hydrogen-bond acceptors (Lipinski definition) is 1. The number of benzene rings is 1. The summed E-state index contributed by atoms with van der Waals surface area (Å²) in [6, 6.07) is 2.02. The summed E-state index contributed by atoms with van der Waals surface area (Å²) in [5.41, 5.74) is 4.28. The predicted octanol–water partition coefficient (Wildman–Crippen LogP) is 2.24. The van der Waals surface area contributed by atoms with E-state index in [0.717, 1.165) is 22.3 Å². The van der Waals surface area contributed by atoms with E-state index in [-0.39, 0.29) is 25.8 Å². The maximum Gasteiger partial charge on any atom is 0.336 e. The summed E-state index contributed by atoms with van der Waals surface area (Å²) in [5, 5.41) is 9.00. The Hall–Kier alpha value is -0.440. The topological polar surface area (TPSA) is 37.3 Å². The minimum Gasteiger partial charge on any atom is -0.478 e. The monoisotopic (exact) mass is 293 g/mol. The van der Waals surface area contributed by atoms with Gasteiger partial charge in [0.2, 0.25) is 0 Å². The molecule has 14 heavy (non-hydrogen) atoms. The maximum absolute atomic E-state index is 10.9. The first-order chi connectivity index (χ1) is 5.95. The third kappa shape index (κ3) is 2.32. The van der Waals surface area contributed by atoms with Crippen molar-refractivity contribution in [1.29, 1.82) is 0 Å². The number of aromatic carboxylic acids is 1. The van der Waals surface area contributed by atoms with Crippen molar-refractivity contribution in [3.8, 4) is 0 Å². The average Bonchev–Trinajstić information content (AvgIpc) is 2.01. The van der Waals surface area contributed by atoms with Crippen LogP contribution in [-0.4, -0.2) is 36.9 Å². The quantitative estimate of drug-likeness (QED) is 0.862. The fraction of sp³-hybridized carbons (Fsp3) is 0.364. The molecule has 1 rings (SSSR count). The number of carboxylic acids is 1. The largest absolute Gasteiger partial charge is 0.478 e. The second-order valence-corrected chi connectivity index (χ2v) is 3.44. The van der Waals surface area contributed by atoms with Crippen LogP contribution in [0.4, 0.5) is 0 Å². The van der Waals surface area contributed by atoms with Crippen LogP contribution in [0.2, 0.25) is 0 Å². The van der Waals surface area contributed by atoms with E-state index in [2.05, 4.69) is 0 Å². The van der Waals surface area contributed by atoms with Crippen LogP contribution in [-0.2, 0) is 0 Å². The van der Waals surface area contributed by atoms with Gasteiger partial charge in [0.25, 0.3) is 0 Å². The molecule has 0 aliphatic heterocycles. The van der Waals surface area contributed by atoms with Gasteiger partial charge in [0.05, 0.1) is 5.56 Å². The number of carboxylic acid groups (broad SMARTS) is 1. The predicted molar refractivity (Wildman–Crippen MR) is 58.1 cm³/mol. The Morgan fingerprint density at radius 3 is 1.71 bits per heavy atom. The number of aryl methyl sites for hydroxylation is 2. The molecule has 73 valence electrons. The Morgan fingerprint density at radius 1 is 1.07 bits per heavy atom. The van der Waals surface area contributed by atoms with Crippen molar-refractivity contribution in [2.45, 2.75) is 27.7 Å². The molecule has 0 aliphatic rings. The van der Waals surface area contributed by atoms with E-state index >= 15 is 0 Å². The molecule has 0 aromatic heterocycles. The van der Waals surface area contributed by atoms with Gasteiger partial charge >= 0.3 is 5.97 Å². The molecule has 3 heteroatoms. The fourth-order valence-electron chi connectivity index (χ4n) is 1.54. The van der Waals surface area contributed by atoms with Crippen LogP contribution in [0, 0.1) is 27.7 Å². The molecule has 1 N–H and O–H groups in total. The van der Waals surface area contributed by atoms with Crippen molar-refractivity contribution in [2.75, 3.05) is 0 Å². The van der Waals surface area contributed by atoms with Crippen molar-refractivity contribution in [2.24, 2.45) is 0 Å². The van der Waals surface area contributed by atoms with E-state index < -0.39 is 5.97 Å². The molecule has 0 spiro atoms. The molecule has 0 aliphatic carbocycles. The third-order valence-electron chi connectivity index (χ3n) is 2.58. The Kier molecular flexibility index (Phi) is 4.72. The van der Waals surface area contributed by atoms with Crippen LogP contribution in [0.3, 0.4) is 0 Å². The van der Waals surface area contributed by atoms with Gasteiger partial charge in [-0.3, -0.25) is 0 Å². The first-order valence-corrected chi connectivity index (χ1v) is 4.26. The maximum atomic E-state index is 10.9. The van der Waals surface area contributed by atoms with Gasteiger partial charge in [0, 0.05) is 25.8 Å². The smallest absolute Gasteiger partial charge is 0.336 e. The normalized spacial score (nSPS) is 9.43. The fourth-order valence-corrected chi connectivity index (χ4v) is 1.54. The zero-order chi connectivity index (χ0) is 10.2. The van der Waals surface area contributed by atoms with Gasteiger partial charge in [-0.2, -0.15) is 0 Å². The minimum absolute atomic E-state index is 0. The molecule has 0 saturated carbocycles. The summed E-state index contributed by atoms with van der Waals surface area (Å²) in [7, 11) is 0. The first-order valence-electron chi connectivity index (χ1n) is 4.26. The van der Waals surface area contributed by atoms with Crippen molar-refractivity contribution in [3.63, 3.8) is 0 Å². The molecule has 0 atom stereocenters. The second kappa shape index (κ2) is 4.87. The van der Waals surface area contributed by atoms with E-state index in [0.29, 0.717) is 5.56 Å². The Bertz CT molecular complexity index is 344. The SMILES string of the molecule is Cc1cc(C)c(C)c(C(=O)O)c1C.[In]. The molecule has 0 amide bonds. The van der Waals surface area contributed by atoms with E-state index in [1.807, 2.05) is 33.8 Å². The van der Waals surface area contributed by atoms with E-state index in [1.54, 1.807) is 0 Å².